The molecule has 4 heterocycles. The second kappa shape index (κ2) is 13.3. The first-order valence-corrected chi connectivity index (χ1v) is 19.3. The minimum atomic E-state index is -0.456. The Morgan fingerprint density at radius 2 is 1.67 bits per heavy atom. The first-order valence-electron chi connectivity index (χ1n) is 18.9. The summed E-state index contributed by atoms with van der Waals surface area (Å²) in [4.78, 5) is 37.6. The summed E-state index contributed by atoms with van der Waals surface area (Å²) in [7, 11) is 0. The van der Waals surface area contributed by atoms with Crippen molar-refractivity contribution >= 4 is 23.6 Å². The number of carbonyl (C=O) groups excluding carboxylic acids is 2. The van der Waals surface area contributed by atoms with Crippen molar-refractivity contribution < 1.29 is 19.1 Å². The van der Waals surface area contributed by atoms with Crippen LogP contribution in [0.15, 0.2) is 30.3 Å². The molecule has 2 amide bonds. The molecule has 0 atom stereocenters. The van der Waals surface area contributed by atoms with Gasteiger partial charge in [0.25, 0.3) is 5.91 Å². The number of benzene rings is 1. The molecule has 276 valence electrons. The van der Waals surface area contributed by atoms with E-state index >= 15 is 0 Å². The number of halogens is 1. The number of ether oxygens (including phenoxy) is 2. The number of rotatable bonds is 4. The summed E-state index contributed by atoms with van der Waals surface area (Å²) in [6, 6.07) is 11.6. The fourth-order valence-corrected chi connectivity index (χ4v) is 10.3. The zero-order valence-electron chi connectivity index (χ0n) is 31.7. The van der Waals surface area contributed by atoms with Crippen LogP contribution in [0.4, 0.5) is 4.79 Å². The van der Waals surface area contributed by atoms with Crippen molar-refractivity contribution in [2.45, 2.75) is 117 Å². The summed E-state index contributed by atoms with van der Waals surface area (Å²) in [6.07, 6.45) is 6.28. The Morgan fingerprint density at radius 3 is 2.29 bits per heavy atom. The quantitative estimate of drug-likeness (QED) is 0.298. The van der Waals surface area contributed by atoms with E-state index in [0.29, 0.717) is 45.8 Å². The highest BCUT2D eigenvalue weighted by Gasteiger charge is 2.67. The van der Waals surface area contributed by atoms with E-state index in [1.807, 2.05) is 42.7 Å². The maximum atomic E-state index is 13.7. The molecule has 4 fully saturated rings. The molecule has 7 rings (SSSR count). The van der Waals surface area contributed by atoms with E-state index in [4.69, 9.17) is 26.1 Å². The van der Waals surface area contributed by atoms with Crippen LogP contribution in [0.2, 0.25) is 5.02 Å². The van der Waals surface area contributed by atoms with E-state index in [1.165, 1.54) is 0 Å². The number of aromatic nitrogens is 1. The van der Waals surface area contributed by atoms with E-state index < -0.39 is 5.60 Å². The van der Waals surface area contributed by atoms with Gasteiger partial charge < -0.3 is 19.3 Å². The third kappa shape index (κ3) is 6.76. The van der Waals surface area contributed by atoms with Crippen molar-refractivity contribution in [2.24, 2.45) is 22.2 Å². The molecule has 3 aliphatic heterocycles. The summed E-state index contributed by atoms with van der Waals surface area (Å²) < 4.78 is 12.1. The maximum absolute atomic E-state index is 13.7. The Kier molecular flexibility index (Phi) is 9.32. The molecule has 5 aliphatic rings. The number of amides is 2. The predicted octanol–water partition coefficient (Wildman–Crippen LogP) is 7.69. The largest absolute Gasteiger partial charge is 0.489 e. The average molecular weight is 726 g/mol. The van der Waals surface area contributed by atoms with E-state index in [1.54, 1.807) is 18.2 Å². The Balaban J connectivity index is 0.905. The molecule has 52 heavy (non-hydrogen) atoms. The molecule has 0 bridgehead atoms. The van der Waals surface area contributed by atoms with E-state index in [2.05, 4.69) is 50.5 Å². The van der Waals surface area contributed by atoms with Gasteiger partial charge in [-0.25, -0.2) is 9.78 Å². The number of hydrogen-bond acceptors (Lipinski definition) is 7. The van der Waals surface area contributed by atoms with Gasteiger partial charge in [-0.3, -0.25) is 9.69 Å². The van der Waals surface area contributed by atoms with Crippen LogP contribution in [0.5, 0.6) is 5.75 Å². The molecule has 0 N–H and O–H groups in total. The fourth-order valence-electron chi connectivity index (χ4n) is 10.1. The molecule has 1 aromatic heterocycles. The van der Waals surface area contributed by atoms with Gasteiger partial charge in [-0.1, -0.05) is 45.2 Å². The van der Waals surface area contributed by atoms with Crippen molar-refractivity contribution in [3.63, 3.8) is 0 Å². The fraction of sp³-hybridized carbons (Fsp3) is 0.619. The van der Waals surface area contributed by atoms with Crippen molar-refractivity contribution in [2.75, 3.05) is 26.2 Å². The molecule has 1 spiro atoms. The van der Waals surface area contributed by atoms with Crippen molar-refractivity contribution in [3.05, 3.63) is 57.9 Å². The van der Waals surface area contributed by atoms with Crippen LogP contribution in [0.1, 0.15) is 114 Å². The third-order valence-corrected chi connectivity index (χ3v) is 12.7. The summed E-state index contributed by atoms with van der Waals surface area (Å²) in [5.74, 6) is 7.86. The van der Waals surface area contributed by atoms with Gasteiger partial charge in [0, 0.05) is 61.1 Å². The third-order valence-electron chi connectivity index (χ3n) is 12.3. The van der Waals surface area contributed by atoms with Crippen LogP contribution in [0.25, 0.3) is 0 Å². The highest BCUT2D eigenvalue weighted by molar-refractivity contribution is 6.31. The smallest absolute Gasteiger partial charge is 0.410 e. The highest BCUT2D eigenvalue weighted by Crippen LogP contribution is 2.59. The van der Waals surface area contributed by atoms with Gasteiger partial charge in [0.15, 0.2) is 0 Å². The highest BCUT2D eigenvalue weighted by atomic mass is 35.5. The molecule has 0 unspecified atom stereocenters. The molecule has 2 aromatic rings. The minimum absolute atomic E-state index is 0.00715. The maximum Gasteiger partial charge on any atom is 0.410 e. The lowest BCUT2D eigenvalue weighted by Gasteiger charge is -2.65. The topological polar surface area (TPSA) is 99.0 Å². The van der Waals surface area contributed by atoms with E-state index in [0.717, 1.165) is 76.1 Å². The van der Waals surface area contributed by atoms with Gasteiger partial charge in [0.2, 0.25) is 0 Å². The SMILES string of the molecule is CC(C)(C)OC(=O)N1CCC2(CC1)CN(C1CCC(C#Cc3ccc4c(n3)CN(C3C(C)(C)C(Oc5ccc(C#N)c(Cl)c5)C3(C)C)C4=O)CC1)C2. The lowest BCUT2D eigenvalue weighted by atomic mass is 9.49. The molecule has 2 aliphatic carbocycles. The zero-order valence-corrected chi connectivity index (χ0v) is 32.5. The number of piperidine rings is 1. The normalized spacial score (nSPS) is 27.4. The summed E-state index contributed by atoms with van der Waals surface area (Å²) in [6.45, 7) is 18.6. The monoisotopic (exact) mass is 725 g/mol. The molecule has 0 radical (unpaired) electrons. The van der Waals surface area contributed by atoms with Gasteiger partial charge in [0.05, 0.1) is 28.4 Å². The molecule has 2 saturated carbocycles. The van der Waals surface area contributed by atoms with Crippen molar-refractivity contribution in [1.29, 1.82) is 5.26 Å². The number of likely N-dealkylation sites (tertiary alicyclic amines) is 2. The summed E-state index contributed by atoms with van der Waals surface area (Å²) in [5, 5.41) is 9.61. The number of fused-ring (bicyclic) bond motifs is 1. The molecular weight excluding hydrogens is 674 g/mol. The van der Waals surface area contributed by atoms with Crippen LogP contribution in [0, 0.1) is 45.3 Å². The van der Waals surface area contributed by atoms with Crippen molar-refractivity contribution in [1.82, 2.24) is 19.7 Å². The molecule has 9 nitrogen and oxygen atoms in total. The number of nitrogens with zero attached hydrogens (tertiary/aromatic N) is 5. The second-order valence-corrected chi connectivity index (χ2v) is 18.5. The number of hydrogen-bond donors (Lipinski definition) is 0. The van der Waals surface area contributed by atoms with E-state index in [9.17, 15) is 14.9 Å². The van der Waals surface area contributed by atoms with Crippen LogP contribution >= 0.6 is 11.6 Å². The molecular formula is C42H52ClN5O4. The Hall–Kier alpha value is -3.79. The van der Waals surface area contributed by atoms with Gasteiger partial charge in [-0.2, -0.15) is 5.26 Å². The summed E-state index contributed by atoms with van der Waals surface area (Å²) in [5.41, 5.74) is 1.81. The second-order valence-electron chi connectivity index (χ2n) is 18.1. The van der Waals surface area contributed by atoms with Crippen LogP contribution in [-0.4, -0.2) is 81.7 Å². The van der Waals surface area contributed by atoms with Gasteiger partial charge >= 0.3 is 6.09 Å². The lowest BCUT2D eigenvalue weighted by Crippen LogP contribution is -2.74. The standard InChI is InChI=1S/C42H52ClN5O4/c1-39(2,3)52-38(50)46-20-18-42(19-21-46)25-47(26-42)30-14-9-27(10-15-30)8-12-29-13-17-32-34(45-29)24-48(35(32)49)36-40(4,5)37(41(36,6)7)51-31-16-11-28(23-44)33(43)22-31/h11,13,16-17,22,27,30,36-37H,9-10,14-15,18-21,24-26H2,1-7H3. The Labute approximate surface area is 314 Å². The summed E-state index contributed by atoms with van der Waals surface area (Å²) >= 11 is 6.28. The van der Waals surface area contributed by atoms with Crippen LogP contribution in [-0.2, 0) is 11.3 Å². The molecule has 1 aromatic carbocycles. The molecule has 10 heteroatoms. The minimum Gasteiger partial charge on any atom is -0.489 e. The Morgan fingerprint density at radius 1 is 1.00 bits per heavy atom. The van der Waals surface area contributed by atoms with Gasteiger partial charge in [-0.05, 0) is 94.9 Å². The van der Waals surface area contributed by atoms with E-state index in [-0.39, 0.29) is 35.0 Å². The Bertz CT molecular complexity index is 1830. The first kappa shape index (κ1) is 36.6. The van der Waals surface area contributed by atoms with Crippen LogP contribution in [0.3, 0.4) is 0 Å². The lowest BCUT2D eigenvalue weighted by molar-refractivity contribution is -0.199. The molecule has 2 saturated heterocycles. The number of pyridine rings is 1. The zero-order chi connectivity index (χ0) is 37.2. The van der Waals surface area contributed by atoms with Crippen LogP contribution < -0.4 is 4.74 Å². The van der Waals surface area contributed by atoms with Gasteiger partial charge in [0.1, 0.15) is 29.2 Å². The van der Waals surface area contributed by atoms with Gasteiger partial charge in [-0.15, -0.1) is 0 Å². The predicted molar refractivity (Wildman–Crippen MR) is 200 cm³/mol. The first-order chi connectivity index (χ1) is 24.5. The number of carbonyl (C=O) groups is 2. The van der Waals surface area contributed by atoms with Crippen molar-refractivity contribution in [3.8, 4) is 23.7 Å². The average Bonchev–Trinajstić information content (AvgIpc) is 3.38. The number of nitriles is 1.